The van der Waals surface area contributed by atoms with Gasteiger partial charge in [-0.3, -0.25) is 0 Å². The third-order valence-corrected chi connectivity index (χ3v) is 24.0. The molecule has 3 aromatic heterocycles. The van der Waals surface area contributed by atoms with Gasteiger partial charge in [-0.15, -0.1) is 11.3 Å². The number of hydrogen-bond donors (Lipinski definition) is 0. The zero-order valence-electron chi connectivity index (χ0n) is 70.6. The summed E-state index contributed by atoms with van der Waals surface area (Å²) >= 11 is 3.26. The molecule has 101 heavy (non-hydrogen) atoms. The second-order valence-corrected chi connectivity index (χ2v) is 29.9. The van der Waals surface area contributed by atoms with Gasteiger partial charge in [0, 0.05) is 85.4 Å². The van der Waals surface area contributed by atoms with E-state index in [1.807, 2.05) is 66.7 Å². The van der Waals surface area contributed by atoms with Crippen molar-refractivity contribution in [2.45, 2.75) is 41.4 Å². The van der Waals surface area contributed by atoms with Gasteiger partial charge < -0.3 is 14.0 Å². The number of rotatable bonds is 6. The molecule has 6 heteroatoms. The molecule has 0 N–H and O–H groups in total. The van der Waals surface area contributed by atoms with Crippen LogP contribution in [0.3, 0.4) is 0 Å². The van der Waals surface area contributed by atoms with Gasteiger partial charge in [-0.05, 0) is 167 Å². The van der Waals surface area contributed by atoms with E-state index in [1.54, 1.807) is 32.2 Å². The van der Waals surface area contributed by atoms with Crippen LogP contribution in [0.5, 0.6) is 0 Å². The molecule has 472 valence electrons. The standard InChI is InChI=1S/C95H62BN3S2/c1-94(2,3)60-52-71(57-25-6-4-7-26-57)92(72(53-60)58-27-8-5-9-28-58)99-84-54-61(97-80-41-20-13-31-66(80)67-32-14-21-42-81(67)97)46-47-78(84)96-79-48-50-87-90(93(79)101-88-56-62(55-85(99)91(88)96)98-82-43-22-15-33-68(82)69-34-16-23-44-83(69)98)73-51-59(45-49-86(73)100-87)63-36-24-40-77-89(63)70-35-12-19-39-76(70)95(77)74-37-17-10-29-64(74)65-30-11-18-38-75(65)95/h4-56H,1-3H3/i13D,14D,15D,16D,20D,21D,22D,23D,31D,32D,33D,34D,41D,42D,43D,44D. The molecular formula is C95H62BN3S2. The Hall–Kier alpha value is -11.7. The average Bonchev–Trinajstić information content (AvgIpc) is 1.54. The highest BCUT2D eigenvalue weighted by atomic mass is 32.2. The van der Waals surface area contributed by atoms with Gasteiger partial charge >= 0.3 is 0 Å². The molecule has 0 atom stereocenters. The summed E-state index contributed by atoms with van der Waals surface area (Å²) in [5.41, 5.74) is 19.7. The highest BCUT2D eigenvalue weighted by Crippen LogP contribution is 2.64. The molecule has 18 aromatic rings. The fraction of sp³-hybridized carbons (Fsp3) is 0.0526. The molecule has 3 nitrogen and oxygen atoms in total. The third-order valence-electron chi connectivity index (χ3n) is 21.6. The Kier molecular flexibility index (Phi) is 9.16. The van der Waals surface area contributed by atoms with Crippen LogP contribution in [0.4, 0.5) is 17.1 Å². The van der Waals surface area contributed by atoms with Crippen molar-refractivity contribution in [2.75, 3.05) is 4.90 Å². The van der Waals surface area contributed by atoms with E-state index in [2.05, 4.69) is 183 Å². The van der Waals surface area contributed by atoms with E-state index in [9.17, 15) is 16.4 Å². The fourth-order valence-corrected chi connectivity index (χ4v) is 20.0. The first-order valence-electron chi connectivity index (χ1n) is 41.9. The van der Waals surface area contributed by atoms with E-state index in [4.69, 9.17) is 5.48 Å². The van der Waals surface area contributed by atoms with Crippen molar-refractivity contribution in [2.24, 2.45) is 0 Å². The highest BCUT2D eigenvalue weighted by molar-refractivity contribution is 8.00. The lowest BCUT2D eigenvalue weighted by atomic mass is 9.34. The van der Waals surface area contributed by atoms with Gasteiger partial charge in [-0.2, -0.15) is 0 Å². The predicted octanol–water partition coefficient (Wildman–Crippen LogP) is 23.7. The van der Waals surface area contributed by atoms with Crippen molar-refractivity contribution in [3.63, 3.8) is 0 Å². The quantitative estimate of drug-likeness (QED) is 0.154. The molecule has 0 saturated carbocycles. The van der Waals surface area contributed by atoms with Gasteiger partial charge in [-0.25, -0.2) is 0 Å². The number of anilines is 3. The summed E-state index contributed by atoms with van der Waals surface area (Å²) in [6.07, 6.45) is 0. The first kappa shape index (κ1) is 43.7. The summed E-state index contributed by atoms with van der Waals surface area (Å²) < 4.78 is 157. The van der Waals surface area contributed by atoms with E-state index in [-0.39, 0.29) is 49.3 Å². The van der Waals surface area contributed by atoms with E-state index in [0.29, 0.717) is 22.7 Å². The van der Waals surface area contributed by atoms with Crippen LogP contribution >= 0.6 is 23.1 Å². The second-order valence-electron chi connectivity index (χ2n) is 27.7. The summed E-state index contributed by atoms with van der Waals surface area (Å²) in [4.78, 5) is 3.85. The van der Waals surface area contributed by atoms with Crippen LogP contribution in [0, 0.1) is 0 Å². The summed E-state index contributed by atoms with van der Waals surface area (Å²) in [7, 11) is 0. The maximum absolute atomic E-state index is 9.99. The van der Waals surface area contributed by atoms with Crippen LogP contribution in [0.25, 0.3) is 131 Å². The van der Waals surface area contributed by atoms with Crippen LogP contribution < -0.4 is 21.3 Å². The Bertz CT molecular complexity index is 7380. The molecule has 0 radical (unpaired) electrons. The summed E-state index contributed by atoms with van der Waals surface area (Å²) in [6.45, 7) is 5.84. The molecule has 2 aliphatic heterocycles. The van der Waals surface area contributed by atoms with Crippen LogP contribution in [-0.2, 0) is 10.8 Å². The van der Waals surface area contributed by atoms with Gasteiger partial charge in [0.2, 0.25) is 6.71 Å². The molecule has 0 saturated heterocycles. The molecule has 1 spiro atoms. The minimum atomic E-state index is -0.667. The number of fused-ring (bicyclic) bond motifs is 24. The molecular weight excluding hydrogens is 1260 g/mol. The lowest BCUT2D eigenvalue weighted by Gasteiger charge is -2.42. The molecule has 5 heterocycles. The van der Waals surface area contributed by atoms with Crippen molar-refractivity contribution in [1.82, 2.24) is 9.13 Å². The SMILES string of the molecule is [2H]c1c([2H])c([2H])c2c(c1[2H])c1c([2H])c([2H])c([2H])c([2H])c1n2-c1ccc2c(c1)N(c1c(-c3ccccc3)cc(C(C)(C)C)cc1-c1ccccc1)c1cc(-n3c4c([2H])c([2H])c([2H])c([2H])c4c4c([2H])c([2H])c([2H])c([2H])c43)cc3c1B2c1ccc2sc4ccc(-c5cccc6c5-c5ccccc5C65c6ccccc6-c6ccccc65)cc4c2c1S3. The Morgan fingerprint density at radius 1 is 0.386 bits per heavy atom. The van der Waals surface area contributed by atoms with Crippen LogP contribution in [0.2, 0.25) is 0 Å². The second kappa shape index (κ2) is 21.2. The largest absolute Gasteiger partial charge is 0.310 e. The molecule has 15 aromatic carbocycles. The van der Waals surface area contributed by atoms with E-state index in [0.717, 1.165) is 96.4 Å². The molecule has 22 rings (SSSR count). The Balaban J connectivity index is 0.889. The van der Waals surface area contributed by atoms with Crippen molar-refractivity contribution in [3.8, 4) is 67.0 Å². The molecule has 0 unspecified atom stereocenters. The van der Waals surface area contributed by atoms with Crippen LogP contribution in [0.1, 0.15) is 70.5 Å². The molecule has 0 amide bonds. The lowest BCUT2D eigenvalue weighted by molar-refractivity contribution is 0.591. The van der Waals surface area contributed by atoms with Crippen molar-refractivity contribution < 1.29 is 21.9 Å². The highest BCUT2D eigenvalue weighted by Gasteiger charge is 2.52. The first-order valence-corrected chi connectivity index (χ1v) is 35.6. The normalized spacial score (nSPS) is 15.9. The van der Waals surface area contributed by atoms with E-state index in [1.165, 1.54) is 33.4 Å². The van der Waals surface area contributed by atoms with Crippen molar-refractivity contribution >= 4 is 127 Å². The topological polar surface area (TPSA) is 13.1 Å². The minimum absolute atomic E-state index is 0.0656. The third kappa shape index (κ3) is 7.92. The number of para-hydroxylation sites is 4. The van der Waals surface area contributed by atoms with Gasteiger partial charge in [0.25, 0.3) is 0 Å². The monoisotopic (exact) mass is 1340 g/mol. The maximum atomic E-state index is 9.99. The zero-order valence-corrected chi connectivity index (χ0v) is 56.2. The summed E-state index contributed by atoms with van der Waals surface area (Å²) in [6, 6.07) is 70.4. The van der Waals surface area contributed by atoms with Gasteiger partial charge in [0.1, 0.15) is 0 Å². The van der Waals surface area contributed by atoms with Gasteiger partial charge in [-0.1, -0.05) is 280 Å². The Labute approximate surface area is 617 Å². The number of benzene rings is 15. The number of nitrogens with zero attached hydrogens (tertiary/aromatic N) is 3. The molecule has 2 aliphatic carbocycles. The van der Waals surface area contributed by atoms with E-state index >= 15 is 0 Å². The number of hydrogen-bond acceptors (Lipinski definition) is 3. The predicted molar refractivity (Wildman–Crippen MR) is 429 cm³/mol. The number of thiophene rings is 1. The van der Waals surface area contributed by atoms with Crippen LogP contribution in [-0.4, -0.2) is 15.8 Å². The fourth-order valence-electron chi connectivity index (χ4n) is 17.4. The van der Waals surface area contributed by atoms with Gasteiger partial charge in [0.05, 0.1) is 55.1 Å². The van der Waals surface area contributed by atoms with E-state index < -0.39 is 114 Å². The van der Waals surface area contributed by atoms with Crippen LogP contribution in [0.15, 0.2) is 331 Å². The average molecular weight is 1340 g/mol. The smallest absolute Gasteiger partial charge is 0.249 e. The lowest BCUT2D eigenvalue weighted by Crippen LogP contribution is -2.60. The molecule has 0 fully saturated rings. The zero-order chi connectivity index (χ0) is 80.5. The van der Waals surface area contributed by atoms with Crippen molar-refractivity contribution in [1.29, 1.82) is 0 Å². The number of aromatic nitrogens is 2. The van der Waals surface area contributed by atoms with Gasteiger partial charge in [0.15, 0.2) is 0 Å². The summed E-state index contributed by atoms with van der Waals surface area (Å²) in [5.74, 6) is 0. The Morgan fingerprint density at radius 2 is 0.881 bits per heavy atom. The first-order chi connectivity index (χ1) is 56.4. The maximum Gasteiger partial charge on any atom is 0.249 e. The van der Waals surface area contributed by atoms with Crippen molar-refractivity contribution in [3.05, 3.63) is 349 Å². The summed E-state index contributed by atoms with van der Waals surface area (Å²) in [5, 5.41) is 1.66. The molecule has 0 bridgehead atoms. The molecule has 4 aliphatic rings. The Morgan fingerprint density at radius 3 is 1.48 bits per heavy atom. The minimum Gasteiger partial charge on any atom is -0.310 e.